The average molecular weight is 425 g/mol. The van der Waals surface area contributed by atoms with E-state index in [2.05, 4.69) is 40.8 Å². The highest BCUT2D eigenvalue weighted by molar-refractivity contribution is 6.74. The van der Waals surface area contributed by atoms with E-state index in [4.69, 9.17) is 4.43 Å². The van der Waals surface area contributed by atoms with Gasteiger partial charge >= 0.3 is 0 Å². The molecule has 0 saturated heterocycles. The second kappa shape index (κ2) is 7.30. The Balaban J connectivity index is 1.52. The van der Waals surface area contributed by atoms with Crippen molar-refractivity contribution in [3.63, 3.8) is 0 Å². The number of hydrogen-bond acceptors (Lipinski definition) is 4. The van der Waals surface area contributed by atoms with E-state index in [0.717, 1.165) is 44.9 Å². The highest BCUT2D eigenvalue weighted by Gasteiger charge is 2.61. The zero-order valence-corrected chi connectivity index (χ0v) is 20.4. The van der Waals surface area contributed by atoms with Gasteiger partial charge in [0.1, 0.15) is 0 Å². The van der Waals surface area contributed by atoms with Gasteiger partial charge in [-0.05, 0) is 98.1 Å². The smallest absolute Gasteiger partial charge is 0.192 e. The van der Waals surface area contributed by atoms with Gasteiger partial charge in [-0.1, -0.05) is 27.7 Å². The summed E-state index contributed by atoms with van der Waals surface area (Å²) < 4.78 is 6.72. The molecule has 4 fully saturated rings. The summed E-state index contributed by atoms with van der Waals surface area (Å²) in [5, 5.41) is 33.2. The van der Waals surface area contributed by atoms with Gasteiger partial charge in [-0.25, -0.2) is 0 Å². The minimum atomic E-state index is -1.83. The van der Waals surface area contributed by atoms with E-state index in [-0.39, 0.29) is 34.5 Å². The SMILES string of the molecule is CC(C)(C)[Si](C)(C)O[C@H]1CCC2C3CC[C@@]4(C)C(CC[C@@H]4O)C3C(O)[C@H](O)C2C1. The van der Waals surface area contributed by atoms with Crippen LogP contribution in [0.25, 0.3) is 0 Å². The summed E-state index contributed by atoms with van der Waals surface area (Å²) in [6, 6.07) is 0. The maximum atomic E-state index is 11.2. The molecule has 3 N–H and O–H groups in total. The monoisotopic (exact) mass is 424 g/mol. The molecule has 29 heavy (non-hydrogen) atoms. The largest absolute Gasteiger partial charge is 0.414 e. The first-order valence-electron chi connectivity index (χ1n) is 12.1. The van der Waals surface area contributed by atoms with Crippen LogP contribution in [-0.2, 0) is 4.43 Å². The van der Waals surface area contributed by atoms with Crippen LogP contribution in [0, 0.1) is 35.0 Å². The third-order valence-corrected chi connectivity index (χ3v) is 14.8. The Kier molecular flexibility index (Phi) is 5.60. The topological polar surface area (TPSA) is 69.9 Å². The van der Waals surface area contributed by atoms with Gasteiger partial charge in [0.25, 0.3) is 0 Å². The van der Waals surface area contributed by atoms with Crippen molar-refractivity contribution in [2.45, 2.75) is 115 Å². The molecule has 4 saturated carbocycles. The van der Waals surface area contributed by atoms with Crippen molar-refractivity contribution in [2.75, 3.05) is 0 Å². The summed E-state index contributed by atoms with van der Waals surface area (Å²) in [5.41, 5.74) is -0.0721. The summed E-state index contributed by atoms with van der Waals surface area (Å²) >= 11 is 0. The number of aliphatic hydroxyl groups excluding tert-OH is 3. The van der Waals surface area contributed by atoms with Crippen LogP contribution < -0.4 is 0 Å². The summed E-state index contributed by atoms with van der Waals surface area (Å²) in [7, 11) is -1.83. The third kappa shape index (κ3) is 3.47. The van der Waals surface area contributed by atoms with Crippen LogP contribution in [0.2, 0.25) is 18.1 Å². The van der Waals surface area contributed by atoms with Crippen LogP contribution in [-0.4, -0.2) is 48.1 Å². The van der Waals surface area contributed by atoms with E-state index in [1.807, 2.05) is 0 Å². The van der Waals surface area contributed by atoms with E-state index in [1.165, 1.54) is 0 Å². The van der Waals surface area contributed by atoms with Crippen molar-refractivity contribution >= 4 is 8.32 Å². The maximum Gasteiger partial charge on any atom is 0.192 e. The molecule has 5 heteroatoms. The fraction of sp³-hybridized carbons (Fsp3) is 1.00. The molecule has 0 aromatic heterocycles. The summed E-state index contributed by atoms with van der Waals surface area (Å²) in [5.74, 6) is 1.66. The third-order valence-electron chi connectivity index (χ3n) is 10.2. The van der Waals surface area contributed by atoms with Crippen molar-refractivity contribution in [1.29, 1.82) is 0 Å². The zero-order valence-electron chi connectivity index (χ0n) is 19.4. The highest BCUT2D eigenvalue weighted by atomic mass is 28.4. The van der Waals surface area contributed by atoms with Gasteiger partial charge in [-0.15, -0.1) is 0 Å². The van der Waals surface area contributed by atoms with Crippen LogP contribution in [0.5, 0.6) is 0 Å². The number of rotatable bonds is 2. The number of hydrogen-bond donors (Lipinski definition) is 3. The Morgan fingerprint density at radius 3 is 2.21 bits per heavy atom. The fourth-order valence-corrected chi connectivity index (χ4v) is 8.88. The first-order chi connectivity index (χ1) is 13.4. The minimum Gasteiger partial charge on any atom is -0.414 e. The van der Waals surface area contributed by atoms with Crippen molar-refractivity contribution in [1.82, 2.24) is 0 Å². The van der Waals surface area contributed by atoms with Crippen LogP contribution >= 0.6 is 0 Å². The molecule has 6 unspecified atom stereocenters. The fourth-order valence-electron chi connectivity index (χ4n) is 7.48. The highest BCUT2D eigenvalue weighted by Crippen LogP contribution is 2.62. The molecule has 4 aliphatic carbocycles. The first-order valence-corrected chi connectivity index (χ1v) is 15.0. The number of fused-ring (bicyclic) bond motifs is 5. The van der Waals surface area contributed by atoms with Crippen LogP contribution in [0.15, 0.2) is 0 Å². The predicted molar refractivity (Wildman–Crippen MR) is 118 cm³/mol. The quantitative estimate of drug-likeness (QED) is 0.577. The van der Waals surface area contributed by atoms with Crippen molar-refractivity contribution in [2.24, 2.45) is 35.0 Å². The molecule has 0 bridgehead atoms. The lowest BCUT2D eigenvalue weighted by Gasteiger charge is -2.59. The van der Waals surface area contributed by atoms with Crippen molar-refractivity contribution in [3.8, 4) is 0 Å². The second-order valence-corrected chi connectivity index (χ2v) is 17.4. The van der Waals surface area contributed by atoms with Crippen LogP contribution in [0.4, 0.5) is 0 Å². The molecule has 0 aromatic rings. The van der Waals surface area contributed by atoms with Crippen LogP contribution in [0.3, 0.4) is 0 Å². The molecule has 0 amide bonds. The van der Waals surface area contributed by atoms with Gasteiger partial charge in [-0.3, -0.25) is 0 Å². The van der Waals surface area contributed by atoms with E-state index >= 15 is 0 Å². The van der Waals surface area contributed by atoms with E-state index < -0.39 is 20.5 Å². The molecule has 0 aromatic carbocycles. The molecule has 0 aliphatic heterocycles. The lowest BCUT2D eigenvalue weighted by atomic mass is 9.49. The minimum absolute atomic E-state index is 0.0721. The molecular formula is C24H44O4Si. The normalized spacial score (nSPS) is 50.6. The van der Waals surface area contributed by atoms with Crippen LogP contribution in [0.1, 0.15) is 72.6 Å². The molecule has 168 valence electrons. The lowest BCUT2D eigenvalue weighted by molar-refractivity contribution is -0.191. The summed E-state index contributed by atoms with van der Waals surface area (Å²) in [6.45, 7) is 13.7. The van der Waals surface area contributed by atoms with E-state index in [0.29, 0.717) is 17.8 Å². The van der Waals surface area contributed by atoms with Gasteiger partial charge in [0, 0.05) is 6.10 Å². The molecule has 0 heterocycles. The number of aliphatic hydroxyl groups is 3. The maximum absolute atomic E-state index is 11.2. The molecule has 4 aliphatic rings. The Morgan fingerprint density at radius 2 is 1.55 bits per heavy atom. The van der Waals surface area contributed by atoms with E-state index in [1.54, 1.807) is 0 Å². The van der Waals surface area contributed by atoms with Gasteiger partial charge in [0.05, 0.1) is 18.3 Å². The average Bonchev–Trinajstić information content (AvgIpc) is 2.93. The molecular weight excluding hydrogens is 380 g/mol. The van der Waals surface area contributed by atoms with Gasteiger partial charge in [-0.2, -0.15) is 0 Å². The summed E-state index contributed by atoms with van der Waals surface area (Å²) in [4.78, 5) is 0. The lowest BCUT2D eigenvalue weighted by Crippen LogP contribution is -2.61. The van der Waals surface area contributed by atoms with E-state index in [9.17, 15) is 15.3 Å². The second-order valence-electron chi connectivity index (χ2n) is 12.6. The molecule has 10 atom stereocenters. The first kappa shape index (κ1) is 22.3. The molecule has 4 nitrogen and oxygen atoms in total. The molecule has 4 rings (SSSR count). The standard InChI is InChI=1S/C24H44O4Si/c1-23(2,3)29(5,6)28-14-7-8-15-16-11-12-24(4)18(9-10-19(24)25)20(16)22(27)21(26)17(15)13-14/h14-22,25-27H,7-13H2,1-6H3/t14-,15?,16?,17?,18?,19-,20?,21+,22?,24-/m0/s1. The zero-order chi connectivity index (χ0) is 21.4. The van der Waals surface area contributed by atoms with Gasteiger partial charge in [0.15, 0.2) is 8.32 Å². The summed E-state index contributed by atoms with van der Waals surface area (Å²) in [6.07, 6.45) is 5.77. The van der Waals surface area contributed by atoms with Gasteiger partial charge in [0.2, 0.25) is 0 Å². The predicted octanol–water partition coefficient (Wildman–Crippen LogP) is 4.33. The van der Waals surface area contributed by atoms with Crippen molar-refractivity contribution < 1.29 is 19.7 Å². The Hall–Kier alpha value is 0.0569. The van der Waals surface area contributed by atoms with Gasteiger partial charge < -0.3 is 19.7 Å². The molecule has 0 radical (unpaired) electrons. The molecule has 0 spiro atoms. The Morgan fingerprint density at radius 1 is 0.862 bits per heavy atom. The van der Waals surface area contributed by atoms with Crippen molar-refractivity contribution in [3.05, 3.63) is 0 Å². The Bertz CT molecular complexity index is 616. The Labute approximate surface area is 178 Å².